The van der Waals surface area contributed by atoms with Crippen molar-refractivity contribution < 1.29 is 112 Å². The van der Waals surface area contributed by atoms with Crippen LogP contribution in [0.5, 0.6) is 0 Å². The first kappa shape index (κ1) is 77.0. The van der Waals surface area contributed by atoms with Gasteiger partial charge in [-0.3, -0.25) is 0 Å². The van der Waals surface area contributed by atoms with Crippen molar-refractivity contribution in [1.29, 1.82) is 0 Å². The van der Waals surface area contributed by atoms with Crippen LogP contribution in [0.1, 0.15) is 38.2 Å². The zero-order valence-electron chi connectivity index (χ0n) is 25.7. The summed E-state index contributed by atoms with van der Waals surface area (Å²) in [5.74, 6) is 0.659. The standard InChI is InChI=1S/C9H12.2C6H7.6CO.CH3.2F6P.2Fe/c1-8(2)9-6-4-3-5-7-9;2*1-2-4-6-5-3-1;6*1-2;;2*1-7(2,3,4,5)6;;/h3-8H,1-2H3;2*1-5H,6H2;;;;;;;1H3;;;;/q;2*-1;;;;;;;3*-1;;+2. The summed E-state index contributed by atoms with van der Waals surface area (Å²) in [6, 6.07) is 10.5. The van der Waals surface area contributed by atoms with Gasteiger partial charge in [-0.2, -0.15) is 0 Å². The molecule has 0 N–H and O–H groups in total. The van der Waals surface area contributed by atoms with E-state index in [1.807, 2.05) is 18.2 Å². The average molecular weight is 863 g/mol. The first-order valence-corrected chi connectivity index (χ1v) is 15.0. The Hall–Kier alpha value is -2.58. The van der Waals surface area contributed by atoms with Crippen LogP contribution < -0.4 is 0 Å². The molecule has 0 amide bonds. The third-order valence-electron chi connectivity index (χ3n) is 3.00. The van der Waals surface area contributed by atoms with E-state index in [0.29, 0.717) is 5.92 Å². The van der Waals surface area contributed by atoms with E-state index in [0.717, 1.165) is 12.8 Å². The summed E-state index contributed by atoms with van der Waals surface area (Å²) < 4.78 is 163. The molecule has 0 saturated heterocycles. The summed E-state index contributed by atoms with van der Waals surface area (Å²) in [5, 5.41) is 0. The maximum atomic E-state index is 9.87. The Morgan fingerprint density at radius 2 is 0.740 bits per heavy atom. The topological polar surface area (TPSA) is 119 Å². The van der Waals surface area contributed by atoms with Gasteiger partial charge in [-0.15, -0.1) is 24.3 Å². The summed E-state index contributed by atoms with van der Waals surface area (Å²) in [7, 11) is -21.3. The molecule has 0 radical (unpaired) electrons. The number of allylic oxidation sites excluding steroid dienone is 8. The Labute approximate surface area is 304 Å². The van der Waals surface area contributed by atoms with Crippen molar-refractivity contribution in [3.8, 4) is 0 Å². The second-order valence-corrected chi connectivity index (χ2v) is 10.9. The normalized spacial score (nSPS) is 12.7. The van der Waals surface area contributed by atoms with Crippen molar-refractivity contribution in [3.63, 3.8) is 0 Å². The van der Waals surface area contributed by atoms with Gasteiger partial charge in [0, 0.05) is 17.1 Å². The summed E-state index contributed by atoms with van der Waals surface area (Å²) >= 11 is 0. The van der Waals surface area contributed by atoms with Crippen LogP contribution in [0.15, 0.2) is 78.9 Å². The zero-order valence-corrected chi connectivity index (χ0v) is 29.7. The fourth-order valence-corrected chi connectivity index (χ4v) is 1.75. The first-order valence-electron chi connectivity index (χ1n) is 10.9. The average Bonchev–Trinajstić information content (AvgIpc) is 3.03. The van der Waals surface area contributed by atoms with E-state index in [-0.39, 0.29) is 41.6 Å². The molecule has 0 atom stereocenters. The van der Waals surface area contributed by atoms with Crippen LogP contribution in [0.25, 0.3) is 0 Å². The van der Waals surface area contributed by atoms with Crippen LogP contribution in [-0.4, -0.2) is 0 Å². The molecule has 1 aromatic rings. The second-order valence-electron chi connectivity index (χ2n) is 7.05. The summed E-state index contributed by atoms with van der Waals surface area (Å²) in [5.41, 5.74) is 1.41. The summed E-state index contributed by atoms with van der Waals surface area (Å²) in [6.45, 7) is 31.4. The molecule has 22 heteroatoms. The smallest absolute Gasteiger partial charge is 0.358 e. The van der Waals surface area contributed by atoms with Gasteiger partial charge in [0.25, 0.3) is 0 Å². The van der Waals surface area contributed by atoms with Crippen LogP contribution in [0, 0.1) is 60.2 Å². The number of hydrogen-bond acceptors (Lipinski definition) is 0. The van der Waals surface area contributed by atoms with E-state index in [2.05, 4.69) is 127 Å². The quantitative estimate of drug-likeness (QED) is 0.0878. The Bertz CT molecular complexity index is 996. The monoisotopic (exact) mass is 863 g/mol. The predicted octanol–water partition coefficient (Wildman–Crippen LogP) is 13.2. The van der Waals surface area contributed by atoms with Gasteiger partial charge in [0.15, 0.2) is 0 Å². The summed E-state index contributed by atoms with van der Waals surface area (Å²) in [4.78, 5) is 0. The van der Waals surface area contributed by atoms with Crippen LogP contribution in [0.2, 0.25) is 0 Å². The van der Waals surface area contributed by atoms with Crippen LogP contribution in [-0.2, 0) is 62.1 Å². The number of halogens is 12. The second kappa shape index (κ2) is 37.7. The fourth-order valence-electron chi connectivity index (χ4n) is 1.75. The van der Waals surface area contributed by atoms with Crippen LogP contribution in [0.3, 0.4) is 0 Å². The number of hydrogen-bond donors (Lipinski definition) is 0. The Balaban J connectivity index is -0.0000000388. The molecule has 0 fully saturated rings. The predicted molar refractivity (Wildman–Crippen MR) is 152 cm³/mol. The molecule has 2 aliphatic rings. The van der Waals surface area contributed by atoms with Gasteiger partial charge >= 0.3 is 151 Å². The van der Waals surface area contributed by atoms with E-state index in [4.69, 9.17) is 27.9 Å². The van der Waals surface area contributed by atoms with Crippen molar-refractivity contribution in [2.45, 2.75) is 32.6 Å². The molecule has 290 valence electrons. The van der Waals surface area contributed by atoms with Crippen molar-refractivity contribution in [3.05, 3.63) is 145 Å². The molecule has 0 bridgehead atoms. The van der Waals surface area contributed by atoms with E-state index in [1.54, 1.807) is 0 Å². The minimum absolute atomic E-state index is 0. The van der Waals surface area contributed by atoms with Crippen molar-refractivity contribution in [1.82, 2.24) is 0 Å². The Morgan fingerprint density at radius 3 is 0.820 bits per heavy atom. The van der Waals surface area contributed by atoms with Gasteiger partial charge < -0.3 is 7.43 Å². The third kappa shape index (κ3) is 195. The van der Waals surface area contributed by atoms with Gasteiger partial charge in [0.2, 0.25) is 0 Å². The van der Waals surface area contributed by atoms with E-state index < -0.39 is 15.6 Å². The van der Waals surface area contributed by atoms with Gasteiger partial charge in [-0.05, 0) is 11.5 Å². The molecule has 0 aliphatic heterocycles. The molecule has 0 heterocycles. The minimum Gasteiger partial charge on any atom is -0.358 e. The maximum Gasteiger partial charge on any atom is 2.00 e. The molecule has 1 aromatic carbocycles. The molecule has 0 aromatic heterocycles. The number of rotatable bonds is 1. The van der Waals surface area contributed by atoms with Crippen molar-refractivity contribution in [2.75, 3.05) is 0 Å². The fraction of sp³-hybridized carbons (Fsp3) is 0.179. The van der Waals surface area contributed by atoms with Gasteiger partial charge in [0.1, 0.15) is 0 Å². The van der Waals surface area contributed by atoms with Gasteiger partial charge in [0.05, 0.1) is 0 Å². The first-order chi connectivity index (χ1) is 21.2. The number of benzene rings is 1. The zero-order chi connectivity index (χ0) is 40.0. The molecule has 6 nitrogen and oxygen atoms in total. The Kier molecular flexibility index (Phi) is 58.0. The summed E-state index contributed by atoms with van der Waals surface area (Å²) in [6.07, 6.45) is 23.0. The van der Waals surface area contributed by atoms with Crippen molar-refractivity contribution in [2.24, 2.45) is 0 Å². The SMILES string of the molecule is C1=C[CH-]CC=C1.C1=C[CH-]CC=C1.CC(C)c1ccccc1.F[P-](F)(F)(F)(F)F.F[P-](F)(F)(F)(F)F.[C-]#[O+].[C-]#[O+].[C-]#[O+].[C-]#[O+].[C-]#[O+].[C-]#[O+].[CH3-].[Fe+2].[Fe]. The van der Waals surface area contributed by atoms with Gasteiger partial charge in [-0.25, -0.2) is 37.1 Å². The van der Waals surface area contributed by atoms with Crippen molar-refractivity contribution >= 4 is 15.6 Å². The molecule has 0 saturated carbocycles. The van der Waals surface area contributed by atoms with Crippen LogP contribution >= 0.6 is 15.6 Å². The van der Waals surface area contributed by atoms with E-state index >= 15 is 0 Å². The molecular formula is C28H29F12Fe2O6P2-3. The molecule has 2 aliphatic carbocycles. The van der Waals surface area contributed by atoms with Crippen LogP contribution in [0.4, 0.5) is 50.4 Å². The Morgan fingerprint density at radius 1 is 0.520 bits per heavy atom. The largest absolute Gasteiger partial charge is 2.00 e. The molecule has 0 spiro atoms. The third-order valence-corrected chi connectivity index (χ3v) is 3.00. The molecule has 0 unspecified atom stereocenters. The molecule has 50 heavy (non-hydrogen) atoms. The van der Waals surface area contributed by atoms with E-state index in [9.17, 15) is 50.4 Å². The maximum absolute atomic E-state index is 10.7. The van der Waals surface area contributed by atoms with Gasteiger partial charge in [-0.1, -0.05) is 57.0 Å². The molecular weight excluding hydrogens is 834 g/mol. The minimum atomic E-state index is -10.7. The molecule has 3 rings (SSSR count). The van der Waals surface area contributed by atoms with E-state index in [1.165, 1.54) is 5.56 Å².